The zero-order valence-electron chi connectivity index (χ0n) is 11.3. The van der Waals surface area contributed by atoms with E-state index in [1.807, 2.05) is 19.1 Å². The summed E-state index contributed by atoms with van der Waals surface area (Å²) < 4.78 is 0. The van der Waals surface area contributed by atoms with E-state index in [4.69, 9.17) is 0 Å². The van der Waals surface area contributed by atoms with Gasteiger partial charge in [0.2, 0.25) is 0 Å². The molecule has 0 fully saturated rings. The number of carbonyl (C=O) groups is 1. The number of nitrogens with one attached hydrogen (secondary N) is 1. The zero-order chi connectivity index (χ0) is 12.8. The molecule has 0 saturated heterocycles. The van der Waals surface area contributed by atoms with Crippen molar-refractivity contribution in [3.05, 3.63) is 35.4 Å². The van der Waals surface area contributed by atoms with Crippen molar-refractivity contribution in [2.75, 3.05) is 13.1 Å². The van der Waals surface area contributed by atoms with E-state index >= 15 is 0 Å². The lowest BCUT2D eigenvalue weighted by molar-refractivity contribution is 0.0929. The second-order valence-electron chi connectivity index (χ2n) is 4.85. The van der Waals surface area contributed by atoms with E-state index in [0.29, 0.717) is 5.92 Å². The van der Waals surface area contributed by atoms with Crippen molar-refractivity contribution in [1.29, 1.82) is 0 Å². The Kier molecular flexibility index (Phi) is 5.36. The molecule has 0 aliphatic carbocycles. The molecule has 0 aromatic heterocycles. The predicted octanol–water partition coefficient (Wildman–Crippen LogP) is 3.24. The molecule has 0 amide bonds. The van der Waals surface area contributed by atoms with Gasteiger partial charge in [0.25, 0.3) is 0 Å². The van der Waals surface area contributed by atoms with Gasteiger partial charge < -0.3 is 5.32 Å². The van der Waals surface area contributed by atoms with Gasteiger partial charge in [-0.15, -0.1) is 0 Å². The van der Waals surface area contributed by atoms with Crippen LogP contribution in [0, 0.1) is 5.92 Å². The Bertz CT molecular complexity index is 354. The number of ketones is 1. The van der Waals surface area contributed by atoms with Crippen molar-refractivity contribution in [2.24, 2.45) is 5.92 Å². The van der Waals surface area contributed by atoms with E-state index in [0.717, 1.165) is 18.7 Å². The van der Waals surface area contributed by atoms with Crippen LogP contribution in [0.4, 0.5) is 0 Å². The number of hydrogen-bond acceptors (Lipinski definition) is 2. The van der Waals surface area contributed by atoms with Gasteiger partial charge in [-0.2, -0.15) is 0 Å². The topological polar surface area (TPSA) is 29.1 Å². The molecular weight excluding hydrogens is 210 g/mol. The third-order valence-corrected chi connectivity index (χ3v) is 3.01. The number of rotatable bonds is 6. The van der Waals surface area contributed by atoms with Gasteiger partial charge in [0.15, 0.2) is 5.78 Å². The Balaban J connectivity index is 2.69. The summed E-state index contributed by atoms with van der Waals surface area (Å²) in [5.41, 5.74) is 2.10. The van der Waals surface area contributed by atoms with E-state index in [9.17, 15) is 4.79 Å². The van der Waals surface area contributed by atoms with Crippen molar-refractivity contribution < 1.29 is 4.79 Å². The highest BCUT2D eigenvalue weighted by Gasteiger charge is 2.14. The van der Waals surface area contributed by atoms with Gasteiger partial charge in [0, 0.05) is 18.0 Å². The molecule has 2 nitrogen and oxygen atoms in total. The third-order valence-electron chi connectivity index (χ3n) is 3.01. The Morgan fingerprint density at radius 1 is 1.18 bits per heavy atom. The second kappa shape index (κ2) is 6.55. The van der Waals surface area contributed by atoms with Crippen LogP contribution in [-0.4, -0.2) is 18.9 Å². The first-order chi connectivity index (χ1) is 8.06. The molecule has 0 saturated carbocycles. The van der Waals surface area contributed by atoms with Gasteiger partial charge in [0.1, 0.15) is 0 Å². The van der Waals surface area contributed by atoms with E-state index in [1.54, 1.807) is 0 Å². The molecule has 1 N–H and O–H groups in total. The van der Waals surface area contributed by atoms with Gasteiger partial charge in [-0.1, -0.05) is 52.0 Å². The Labute approximate surface area is 104 Å². The lowest BCUT2D eigenvalue weighted by Crippen LogP contribution is -2.26. The largest absolute Gasteiger partial charge is 0.316 e. The Morgan fingerprint density at radius 3 is 2.24 bits per heavy atom. The molecule has 0 heterocycles. The number of Topliss-reactive ketones (excluding diaryl/α,β-unsaturated/α-hetero) is 1. The average molecular weight is 233 g/mol. The minimum atomic E-state index is 0.0415. The first kappa shape index (κ1) is 13.9. The minimum absolute atomic E-state index is 0.0415. The van der Waals surface area contributed by atoms with Crippen LogP contribution in [0.2, 0.25) is 0 Å². The van der Waals surface area contributed by atoms with Gasteiger partial charge in [0.05, 0.1) is 0 Å². The van der Waals surface area contributed by atoms with Gasteiger partial charge in [-0.3, -0.25) is 4.79 Å². The maximum Gasteiger partial charge on any atom is 0.166 e. The lowest BCUT2D eigenvalue weighted by Gasteiger charge is -2.12. The molecule has 0 bridgehead atoms. The SMILES string of the molecule is CCNCC(C)C(=O)c1ccc(C(C)C)cc1. The molecular formula is C15H23NO. The monoisotopic (exact) mass is 233 g/mol. The predicted molar refractivity (Wildman–Crippen MR) is 72.6 cm³/mol. The van der Waals surface area contributed by atoms with Crippen molar-refractivity contribution in [3.8, 4) is 0 Å². The van der Waals surface area contributed by atoms with Gasteiger partial charge in [-0.05, 0) is 18.0 Å². The number of benzene rings is 1. The summed E-state index contributed by atoms with van der Waals surface area (Å²) >= 11 is 0. The van der Waals surface area contributed by atoms with Crippen molar-refractivity contribution in [3.63, 3.8) is 0 Å². The average Bonchev–Trinajstić information content (AvgIpc) is 2.35. The summed E-state index contributed by atoms with van der Waals surface area (Å²) in [6.07, 6.45) is 0. The van der Waals surface area contributed by atoms with Crippen molar-refractivity contribution in [1.82, 2.24) is 5.32 Å². The van der Waals surface area contributed by atoms with Gasteiger partial charge in [-0.25, -0.2) is 0 Å². The van der Waals surface area contributed by atoms with Crippen LogP contribution in [-0.2, 0) is 0 Å². The van der Waals surface area contributed by atoms with E-state index in [-0.39, 0.29) is 11.7 Å². The van der Waals surface area contributed by atoms with E-state index in [2.05, 4.69) is 38.2 Å². The molecule has 17 heavy (non-hydrogen) atoms. The molecule has 1 unspecified atom stereocenters. The fraction of sp³-hybridized carbons (Fsp3) is 0.533. The summed E-state index contributed by atoms with van der Waals surface area (Å²) in [6.45, 7) is 10.00. The first-order valence-corrected chi connectivity index (χ1v) is 6.41. The molecule has 0 radical (unpaired) electrons. The van der Waals surface area contributed by atoms with Crippen LogP contribution < -0.4 is 5.32 Å². The summed E-state index contributed by atoms with van der Waals surface area (Å²) in [6, 6.07) is 8.00. The maximum atomic E-state index is 12.1. The van der Waals surface area contributed by atoms with Crippen LogP contribution in [0.15, 0.2) is 24.3 Å². The van der Waals surface area contributed by atoms with Gasteiger partial charge >= 0.3 is 0 Å². The molecule has 1 rings (SSSR count). The summed E-state index contributed by atoms with van der Waals surface area (Å²) in [4.78, 5) is 12.1. The summed E-state index contributed by atoms with van der Waals surface area (Å²) in [5, 5.41) is 3.21. The fourth-order valence-corrected chi connectivity index (χ4v) is 1.77. The van der Waals surface area contributed by atoms with Crippen LogP contribution in [0.3, 0.4) is 0 Å². The molecule has 2 heteroatoms. The highest BCUT2D eigenvalue weighted by Crippen LogP contribution is 2.16. The standard InChI is InChI=1S/C15H23NO/c1-5-16-10-12(4)15(17)14-8-6-13(7-9-14)11(2)3/h6-9,11-12,16H,5,10H2,1-4H3. The van der Waals surface area contributed by atoms with Crippen molar-refractivity contribution in [2.45, 2.75) is 33.6 Å². The fourth-order valence-electron chi connectivity index (χ4n) is 1.77. The highest BCUT2D eigenvalue weighted by atomic mass is 16.1. The van der Waals surface area contributed by atoms with Crippen LogP contribution in [0.1, 0.15) is 49.5 Å². The molecule has 1 aromatic carbocycles. The minimum Gasteiger partial charge on any atom is -0.316 e. The third kappa shape index (κ3) is 3.97. The molecule has 0 spiro atoms. The highest BCUT2D eigenvalue weighted by molar-refractivity contribution is 5.97. The maximum absolute atomic E-state index is 12.1. The summed E-state index contributed by atoms with van der Waals surface area (Å²) in [5.74, 6) is 0.777. The smallest absolute Gasteiger partial charge is 0.166 e. The van der Waals surface area contributed by atoms with Crippen LogP contribution in [0.5, 0.6) is 0 Å². The first-order valence-electron chi connectivity index (χ1n) is 6.41. The lowest BCUT2D eigenvalue weighted by atomic mass is 9.96. The normalized spacial score (nSPS) is 12.8. The number of carbonyl (C=O) groups excluding carboxylic acids is 1. The van der Waals surface area contributed by atoms with Crippen LogP contribution in [0.25, 0.3) is 0 Å². The molecule has 94 valence electrons. The Hall–Kier alpha value is -1.15. The second-order valence-corrected chi connectivity index (χ2v) is 4.85. The zero-order valence-corrected chi connectivity index (χ0v) is 11.3. The molecule has 0 aliphatic heterocycles. The number of hydrogen-bond donors (Lipinski definition) is 1. The van der Waals surface area contributed by atoms with Crippen molar-refractivity contribution >= 4 is 5.78 Å². The molecule has 1 atom stereocenters. The van der Waals surface area contributed by atoms with Crippen LogP contribution >= 0.6 is 0 Å². The Morgan fingerprint density at radius 2 is 1.76 bits per heavy atom. The molecule has 0 aliphatic rings. The van der Waals surface area contributed by atoms with E-state index < -0.39 is 0 Å². The van der Waals surface area contributed by atoms with E-state index in [1.165, 1.54) is 5.56 Å². The summed E-state index contributed by atoms with van der Waals surface area (Å²) in [7, 11) is 0. The molecule has 1 aromatic rings. The quantitative estimate of drug-likeness (QED) is 0.764.